The van der Waals surface area contributed by atoms with Gasteiger partial charge in [-0.25, -0.2) is 0 Å². The van der Waals surface area contributed by atoms with Gasteiger partial charge in [0.2, 0.25) is 0 Å². The Balaban J connectivity index is 1.69. The summed E-state index contributed by atoms with van der Waals surface area (Å²) in [6.45, 7) is 5.16. The first-order chi connectivity index (χ1) is 7.85. The SMILES string of the molecule is SCC1(COCC2CCOC2)CCOCC1. The van der Waals surface area contributed by atoms with Gasteiger partial charge in [0.05, 0.1) is 19.8 Å². The van der Waals surface area contributed by atoms with Crippen LogP contribution in [0.4, 0.5) is 0 Å². The minimum absolute atomic E-state index is 0.251. The Labute approximate surface area is 103 Å². The van der Waals surface area contributed by atoms with Crippen LogP contribution < -0.4 is 0 Å². The van der Waals surface area contributed by atoms with E-state index in [0.29, 0.717) is 5.92 Å². The lowest BCUT2D eigenvalue weighted by atomic mass is 9.83. The summed E-state index contributed by atoms with van der Waals surface area (Å²) >= 11 is 4.47. The molecule has 0 radical (unpaired) electrons. The van der Waals surface area contributed by atoms with Crippen LogP contribution in [0.15, 0.2) is 0 Å². The van der Waals surface area contributed by atoms with E-state index in [0.717, 1.165) is 64.7 Å². The van der Waals surface area contributed by atoms with E-state index in [1.807, 2.05) is 0 Å². The quantitative estimate of drug-likeness (QED) is 0.749. The number of hydrogen-bond acceptors (Lipinski definition) is 4. The molecule has 0 N–H and O–H groups in total. The van der Waals surface area contributed by atoms with E-state index in [4.69, 9.17) is 14.2 Å². The highest BCUT2D eigenvalue weighted by Gasteiger charge is 2.32. The van der Waals surface area contributed by atoms with Crippen LogP contribution in [0, 0.1) is 11.3 Å². The predicted octanol–water partition coefficient (Wildman–Crippen LogP) is 1.77. The minimum atomic E-state index is 0.251. The molecule has 2 rings (SSSR count). The lowest BCUT2D eigenvalue weighted by Gasteiger charge is -2.35. The lowest BCUT2D eigenvalue weighted by molar-refractivity contribution is -0.0345. The molecule has 2 aliphatic heterocycles. The van der Waals surface area contributed by atoms with E-state index in [1.165, 1.54) is 0 Å². The zero-order valence-corrected chi connectivity index (χ0v) is 10.7. The van der Waals surface area contributed by atoms with E-state index < -0.39 is 0 Å². The van der Waals surface area contributed by atoms with Gasteiger partial charge in [0, 0.05) is 31.2 Å². The number of rotatable bonds is 5. The number of ether oxygens (including phenoxy) is 3. The summed E-state index contributed by atoms with van der Waals surface area (Å²) in [7, 11) is 0. The first-order valence-corrected chi connectivity index (χ1v) is 6.82. The van der Waals surface area contributed by atoms with Crippen LogP contribution in [-0.4, -0.2) is 45.4 Å². The fraction of sp³-hybridized carbons (Fsp3) is 1.00. The van der Waals surface area contributed by atoms with Crippen molar-refractivity contribution < 1.29 is 14.2 Å². The summed E-state index contributed by atoms with van der Waals surface area (Å²) in [6, 6.07) is 0. The Bertz CT molecular complexity index is 198. The molecule has 1 atom stereocenters. The van der Waals surface area contributed by atoms with Gasteiger partial charge in [0.25, 0.3) is 0 Å². The second-order valence-corrected chi connectivity index (χ2v) is 5.33. The van der Waals surface area contributed by atoms with Crippen molar-refractivity contribution >= 4 is 12.6 Å². The zero-order valence-electron chi connectivity index (χ0n) is 9.82. The van der Waals surface area contributed by atoms with Gasteiger partial charge in [0.15, 0.2) is 0 Å². The van der Waals surface area contributed by atoms with Crippen molar-refractivity contribution in [3.63, 3.8) is 0 Å². The minimum Gasteiger partial charge on any atom is -0.381 e. The molecule has 0 bridgehead atoms. The van der Waals surface area contributed by atoms with E-state index >= 15 is 0 Å². The average Bonchev–Trinajstić information content (AvgIpc) is 2.83. The second kappa shape index (κ2) is 6.24. The van der Waals surface area contributed by atoms with Crippen molar-refractivity contribution in [2.75, 3.05) is 45.4 Å². The van der Waals surface area contributed by atoms with Gasteiger partial charge < -0.3 is 14.2 Å². The van der Waals surface area contributed by atoms with Crippen LogP contribution in [0.2, 0.25) is 0 Å². The smallest absolute Gasteiger partial charge is 0.0532 e. The maximum Gasteiger partial charge on any atom is 0.0532 e. The molecule has 0 amide bonds. The van der Waals surface area contributed by atoms with Gasteiger partial charge >= 0.3 is 0 Å². The van der Waals surface area contributed by atoms with E-state index in [2.05, 4.69) is 12.6 Å². The number of thiol groups is 1. The van der Waals surface area contributed by atoms with Gasteiger partial charge in [0.1, 0.15) is 0 Å². The Morgan fingerprint density at radius 1 is 1.19 bits per heavy atom. The molecule has 0 aromatic heterocycles. The van der Waals surface area contributed by atoms with E-state index in [9.17, 15) is 0 Å². The van der Waals surface area contributed by atoms with Crippen LogP contribution in [0.25, 0.3) is 0 Å². The van der Waals surface area contributed by atoms with Gasteiger partial charge in [-0.1, -0.05) is 0 Å². The van der Waals surface area contributed by atoms with Crippen molar-refractivity contribution in [1.29, 1.82) is 0 Å². The van der Waals surface area contributed by atoms with Crippen LogP contribution in [-0.2, 0) is 14.2 Å². The third kappa shape index (κ3) is 3.36. The van der Waals surface area contributed by atoms with Gasteiger partial charge in [-0.05, 0) is 25.0 Å². The summed E-state index contributed by atoms with van der Waals surface area (Å²) < 4.78 is 16.6. The Hall–Kier alpha value is 0.230. The molecule has 0 saturated carbocycles. The maximum atomic E-state index is 5.87. The van der Waals surface area contributed by atoms with Crippen molar-refractivity contribution in [1.82, 2.24) is 0 Å². The van der Waals surface area contributed by atoms with Crippen LogP contribution >= 0.6 is 12.6 Å². The van der Waals surface area contributed by atoms with E-state index in [1.54, 1.807) is 0 Å². The van der Waals surface area contributed by atoms with Gasteiger partial charge in [-0.3, -0.25) is 0 Å². The molecular formula is C12H22O3S. The molecule has 2 fully saturated rings. The lowest BCUT2D eigenvalue weighted by Crippen LogP contribution is -2.36. The highest BCUT2D eigenvalue weighted by Crippen LogP contribution is 2.32. The maximum absolute atomic E-state index is 5.87. The highest BCUT2D eigenvalue weighted by atomic mass is 32.1. The standard InChI is InChI=1S/C12H22O3S/c16-10-12(2-5-13-6-3-12)9-15-8-11-1-4-14-7-11/h11,16H,1-10H2. The van der Waals surface area contributed by atoms with Gasteiger partial charge in [-0.15, -0.1) is 0 Å². The summed E-state index contributed by atoms with van der Waals surface area (Å²) in [5.74, 6) is 1.51. The zero-order chi connectivity index (χ0) is 11.3. The largest absolute Gasteiger partial charge is 0.381 e. The second-order valence-electron chi connectivity index (χ2n) is 5.02. The van der Waals surface area contributed by atoms with Crippen LogP contribution in [0.5, 0.6) is 0 Å². The molecule has 0 aliphatic carbocycles. The third-order valence-electron chi connectivity index (χ3n) is 3.67. The first-order valence-electron chi connectivity index (χ1n) is 6.19. The van der Waals surface area contributed by atoms with Gasteiger partial charge in [-0.2, -0.15) is 12.6 Å². The Kier molecular flexibility index (Phi) is 4.95. The normalized spacial score (nSPS) is 29.4. The number of hydrogen-bond donors (Lipinski definition) is 1. The summed E-state index contributed by atoms with van der Waals surface area (Å²) in [4.78, 5) is 0. The Morgan fingerprint density at radius 2 is 2.00 bits per heavy atom. The molecule has 16 heavy (non-hydrogen) atoms. The molecule has 0 aromatic carbocycles. The molecule has 3 nitrogen and oxygen atoms in total. The molecule has 4 heteroatoms. The van der Waals surface area contributed by atoms with Crippen LogP contribution in [0.1, 0.15) is 19.3 Å². The third-order valence-corrected chi connectivity index (χ3v) is 4.35. The molecule has 0 spiro atoms. The molecule has 2 heterocycles. The molecule has 1 unspecified atom stereocenters. The Morgan fingerprint density at radius 3 is 2.62 bits per heavy atom. The molecular weight excluding hydrogens is 224 g/mol. The van der Waals surface area contributed by atoms with Crippen molar-refractivity contribution in [2.45, 2.75) is 19.3 Å². The topological polar surface area (TPSA) is 27.7 Å². The highest BCUT2D eigenvalue weighted by molar-refractivity contribution is 7.80. The first kappa shape index (κ1) is 12.7. The average molecular weight is 246 g/mol. The molecule has 2 saturated heterocycles. The summed E-state index contributed by atoms with van der Waals surface area (Å²) in [5.41, 5.74) is 0.251. The summed E-state index contributed by atoms with van der Waals surface area (Å²) in [6.07, 6.45) is 3.31. The van der Waals surface area contributed by atoms with E-state index in [-0.39, 0.29) is 5.41 Å². The monoisotopic (exact) mass is 246 g/mol. The van der Waals surface area contributed by atoms with Crippen molar-refractivity contribution in [3.05, 3.63) is 0 Å². The molecule has 94 valence electrons. The molecule has 0 aromatic rings. The fourth-order valence-corrected chi connectivity index (χ4v) is 2.72. The van der Waals surface area contributed by atoms with Crippen molar-refractivity contribution in [3.8, 4) is 0 Å². The van der Waals surface area contributed by atoms with Crippen molar-refractivity contribution in [2.24, 2.45) is 11.3 Å². The van der Waals surface area contributed by atoms with Crippen LogP contribution in [0.3, 0.4) is 0 Å². The predicted molar refractivity (Wildman–Crippen MR) is 66.1 cm³/mol. The summed E-state index contributed by atoms with van der Waals surface area (Å²) in [5, 5.41) is 0. The molecule has 2 aliphatic rings. The fourth-order valence-electron chi connectivity index (χ4n) is 2.31.